The first-order valence-electron chi connectivity index (χ1n) is 6.68. The molecule has 0 aliphatic heterocycles. The van der Waals surface area contributed by atoms with Gasteiger partial charge in [0.05, 0.1) is 5.25 Å². The smallest absolute Gasteiger partial charge is 0.239 e. The molecule has 7 heteroatoms. The Morgan fingerprint density at radius 3 is 2.81 bits per heavy atom. The van der Waals surface area contributed by atoms with Crippen molar-refractivity contribution in [1.82, 2.24) is 10.2 Å². The molecule has 0 unspecified atom stereocenters. The predicted octanol–water partition coefficient (Wildman–Crippen LogP) is 4.16. The molecule has 0 bridgehead atoms. The minimum atomic E-state index is -0.178. The topological polar surface area (TPSA) is 54.9 Å². The van der Waals surface area contributed by atoms with Crippen LogP contribution in [0, 0.1) is 0 Å². The monoisotopic (exact) mass is 339 g/mol. The van der Waals surface area contributed by atoms with Crippen LogP contribution >= 0.6 is 34.9 Å². The average molecular weight is 340 g/mol. The summed E-state index contributed by atoms with van der Waals surface area (Å²) in [7, 11) is 0. The summed E-state index contributed by atoms with van der Waals surface area (Å²) in [5, 5.41) is 11.3. The van der Waals surface area contributed by atoms with Gasteiger partial charge in [-0.3, -0.25) is 10.1 Å². The molecular formula is C14H17N3OS3. The summed E-state index contributed by atoms with van der Waals surface area (Å²) in [6.07, 6.45) is 1.09. The quantitative estimate of drug-likeness (QED) is 0.606. The SMILES string of the molecule is CCCSc1nnc(NC(=O)[C@@H](C)Sc2ccccc2)s1. The molecule has 1 aromatic heterocycles. The largest absolute Gasteiger partial charge is 0.300 e. The third kappa shape index (κ3) is 5.33. The van der Waals surface area contributed by atoms with E-state index < -0.39 is 0 Å². The number of carbonyl (C=O) groups excluding carboxylic acids is 1. The zero-order valence-corrected chi connectivity index (χ0v) is 14.4. The second-order valence-electron chi connectivity index (χ2n) is 4.28. The van der Waals surface area contributed by atoms with Gasteiger partial charge >= 0.3 is 0 Å². The Hall–Kier alpha value is -1.05. The van der Waals surface area contributed by atoms with Gasteiger partial charge in [0.15, 0.2) is 4.34 Å². The molecule has 2 aromatic rings. The van der Waals surface area contributed by atoms with Gasteiger partial charge in [0, 0.05) is 10.6 Å². The van der Waals surface area contributed by atoms with Crippen molar-refractivity contribution in [1.29, 1.82) is 0 Å². The normalized spacial score (nSPS) is 12.1. The molecule has 1 aromatic carbocycles. The third-order valence-corrected chi connectivity index (χ3v) is 5.78. The van der Waals surface area contributed by atoms with Crippen molar-refractivity contribution >= 4 is 45.9 Å². The van der Waals surface area contributed by atoms with E-state index in [1.54, 1.807) is 11.8 Å². The fourth-order valence-corrected chi connectivity index (χ4v) is 4.04. The molecular weight excluding hydrogens is 322 g/mol. The summed E-state index contributed by atoms with van der Waals surface area (Å²) >= 11 is 4.62. The van der Waals surface area contributed by atoms with Gasteiger partial charge < -0.3 is 0 Å². The number of benzene rings is 1. The Morgan fingerprint density at radius 1 is 1.33 bits per heavy atom. The van der Waals surface area contributed by atoms with Gasteiger partial charge in [-0.25, -0.2) is 0 Å². The van der Waals surface area contributed by atoms with Crippen molar-refractivity contribution in [3.63, 3.8) is 0 Å². The molecule has 2 rings (SSSR count). The van der Waals surface area contributed by atoms with Crippen LogP contribution in [0.5, 0.6) is 0 Å². The van der Waals surface area contributed by atoms with Gasteiger partial charge in [-0.15, -0.1) is 22.0 Å². The number of aromatic nitrogens is 2. The van der Waals surface area contributed by atoms with Crippen LogP contribution in [0.2, 0.25) is 0 Å². The van der Waals surface area contributed by atoms with Crippen LogP contribution in [-0.2, 0) is 4.79 Å². The van der Waals surface area contributed by atoms with Crippen molar-refractivity contribution in [2.75, 3.05) is 11.1 Å². The summed E-state index contributed by atoms with van der Waals surface area (Å²) < 4.78 is 0.899. The maximum atomic E-state index is 12.1. The highest BCUT2D eigenvalue weighted by Gasteiger charge is 2.16. The second-order valence-corrected chi connectivity index (χ2v) is 8.02. The van der Waals surface area contributed by atoms with Crippen molar-refractivity contribution in [2.24, 2.45) is 0 Å². The number of nitrogens with zero attached hydrogens (tertiary/aromatic N) is 2. The Balaban J connectivity index is 1.87. The van der Waals surface area contributed by atoms with Gasteiger partial charge in [-0.05, 0) is 25.5 Å². The maximum Gasteiger partial charge on any atom is 0.239 e. The van der Waals surface area contributed by atoms with E-state index >= 15 is 0 Å². The second kappa shape index (κ2) is 8.41. The van der Waals surface area contributed by atoms with Crippen LogP contribution in [0.25, 0.3) is 0 Å². The Kier molecular flexibility index (Phi) is 6.53. The van der Waals surface area contributed by atoms with E-state index in [1.807, 2.05) is 37.3 Å². The van der Waals surface area contributed by atoms with E-state index in [0.717, 1.165) is 21.4 Å². The Morgan fingerprint density at radius 2 is 2.10 bits per heavy atom. The lowest BCUT2D eigenvalue weighted by atomic mass is 10.4. The van der Waals surface area contributed by atoms with Crippen LogP contribution < -0.4 is 5.32 Å². The molecule has 1 heterocycles. The van der Waals surface area contributed by atoms with Crippen molar-refractivity contribution in [3.05, 3.63) is 30.3 Å². The molecule has 0 fully saturated rings. The highest BCUT2D eigenvalue weighted by atomic mass is 32.2. The predicted molar refractivity (Wildman–Crippen MR) is 91.3 cm³/mol. The molecule has 0 radical (unpaired) electrons. The minimum absolute atomic E-state index is 0.0490. The molecule has 0 saturated carbocycles. The van der Waals surface area contributed by atoms with E-state index in [0.29, 0.717) is 5.13 Å². The molecule has 1 N–H and O–H groups in total. The zero-order valence-electron chi connectivity index (χ0n) is 11.9. The van der Waals surface area contributed by atoms with Gasteiger partial charge in [0.1, 0.15) is 0 Å². The molecule has 0 saturated heterocycles. The first-order chi connectivity index (χ1) is 10.2. The summed E-state index contributed by atoms with van der Waals surface area (Å²) in [4.78, 5) is 13.2. The number of hydrogen-bond donors (Lipinski definition) is 1. The minimum Gasteiger partial charge on any atom is -0.300 e. The summed E-state index contributed by atoms with van der Waals surface area (Å²) in [6.45, 7) is 4.01. The Labute approximate surface area is 137 Å². The molecule has 0 aliphatic carbocycles. The van der Waals surface area contributed by atoms with Gasteiger partial charge in [0.2, 0.25) is 11.0 Å². The van der Waals surface area contributed by atoms with Gasteiger partial charge in [-0.1, -0.05) is 48.2 Å². The summed E-state index contributed by atoms with van der Waals surface area (Å²) in [5.41, 5.74) is 0. The van der Waals surface area contributed by atoms with Crippen LogP contribution in [0.4, 0.5) is 5.13 Å². The average Bonchev–Trinajstić information content (AvgIpc) is 2.93. The number of anilines is 1. The van der Waals surface area contributed by atoms with Crippen molar-refractivity contribution in [3.8, 4) is 0 Å². The van der Waals surface area contributed by atoms with Gasteiger partial charge in [-0.2, -0.15) is 0 Å². The molecule has 4 nitrogen and oxygen atoms in total. The van der Waals surface area contributed by atoms with Crippen LogP contribution in [0.1, 0.15) is 20.3 Å². The molecule has 112 valence electrons. The molecule has 21 heavy (non-hydrogen) atoms. The highest BCUT2D eigenvalue weighted by molar-refractivity contribution is 8.01. The van der Waals surface area contributed by atoms with Crippen molar-refractivity contribution < 1.29 is 4.79 Å². The zero-order chi connectivity index (χ0) is 15.1. The van der Waals surface area contributed by atoms with E-state index in [2.05, 4.69) is 22.4 Å². The Bertz CT molecular complexity index is 574. The lowest BCUT2D eigenvalue weighted by Crippen LogP contribution is -2.22. The van der Waals surface area contributed by atoms with Crippen LogP contribution in [0.15, 0.2) is 39.6 Å². The first-order valence-corrected chi connectivity index (χ1v) is 9.36. The summed E-state index contributed by atoms with van der Waals surface area (Å²) in [6, 6.07) is 9.90. The number of hydrogen-bond acceptors (Lipinski definition) is 6. The lowest BCUT2D eigenvalue weighted by Gasteiger charge is -2.09. The number of carbonyl (C=O) groups is 1. The van der Waals surface area contributed by atoms with Crippen LogP contribution in [-0.4, -0.2) is 27.1 Å². The molecule has 0 aliphatic rings. The third-order valence-electron chi connectivity index (χ3n) is 2.49. The lowest BCUT2D eigenvalue weighted by molar-refractivity contribution is -0.115. The number of amides is 1. The van der Waals surface area contributed by atoms with E-state index in [4.69, 9.17) is 0 Å². The number of rotatable bonds is 7. The van der Waals surface area contributed by atoms with E-state index in [1.165, 1.54) is 23.1 Å². The van der Waals surface area contributed by atoms with Gasteiger partial charge in [0.25, 0.3) is 0 Å². The number of thioether (sulfide) groups is 2. The fraction of sp³-hybridized carbons (Fsp3) is 0.357. The first kappa shape index (κ1) is 16.3. The summed E-state index contributed by atoms with van der Waals surface area (Å²) in [5.74, 6) is 0.968. The van der Waals surface area contributed by atoms with Crippen LogP contribution in [0.3, 0.4) is 0 Å². The van der Waals surface area contributed by atoms with E-state index in [9.17, 15) is 4.79 Å². The standard InChI is InChI=1S/C14H17N3OS3/c1-3-9-19-14-17-16-13(21-14)15-12(18)10(2)20-11-7-5-4-6-8-11/h4-8,10H,3,9H2,1-2H3,(H,15,16,18)/t10-/m1/s1. The van der Waals surface area contributed by atoms with Crippen molar-refractivity contribution in [2.45, 2.75) is 34.8 Å². The molecule has 1 amide bonds. The number of nitrogens with one attached hydrogen (secondary N) is 1. The fourth-order valence-electron chi connectivity index (χ4n) is 1.47. The highest BCUT2D eigenvalue weighted by Crippen LogP contribution is 2.27. The molecule has 1 atom stereocenters. The maximum absolute atomic E-state index is 12.1. The van der Waals surface area contributed by atoms with E-state index in [-0.39, 0.29) is 11.2 Å². The molecule has 0 spiro atoms.